The first-order valence-corrected chi connectivity index (χ1v) is 9.31. The summed E-state index contributed by atoms with van der Waals surface area (Å²) in [6, 6.07) is 2.84. The third kappa shape index (κ3) is 5.61. The summed E-state index contributed by atoms with van der Waals surface area (Å²) >= 11 is 0. The maximum absolute atomic E-state index is 13.8. The third-order valence-electron chi connectivity index (χ3n) is 3.39. The fraction of sp³-hybridized carbons (Fsp3) is 0.375. The highest BCUT2D eigenvalue weighted by molar-refractivity contribution is 7.88. The Balaban J connectivity index is 3.24. The molecule has 0 heterocycles. The van der Waals surface area contributed by atoms with Crippen molar-refractivity contribution in [3.63, 3.8) is 0 Å². The smallest absolute Gasteiger partial charge is 0.209 e. The van der Waals surface area contributed by atoms with Crippen molar-refractivity contribution in [2.24, 2.45) is 11.5 Å². The van der Waals surface area contributed by atoms with Crippen LogP contribution >= 0.6 is 0 Å². The van der Waals surface area contributed by atoms with E-state index in [-0.39, 0.29) is 17.0 Å². The second-order valence-electron chi connectivity index (χ2n) is 5.57. The molecule has 0 spiro atoms. The molecule has 1 aromatic carbocycles. The lowest BCUT2D eigenvalue weighted by atomic mass is 10.0. The van der Waals surface area contributed by atoms with E-state index >= 15 is 0 Å². The molecule has 0 aliphatic heterocycles. The topological polar surface area (TPSA) is 98.2 Å². The highest BCUT2D eigenvalue weighted by Gasteiger charge is 2.18. The maximum Gasteiger partial charge on any atom is 0.209 e. The summed E-state index contributed by atoms with van der Waals surface area (Å²) in [5.74, 6) is -1.57. The quantitative estimate of drug-likeness (QED) is 0.650. The molecule has 1 aromatic rings. The summed E-state index contributed by atoms with van der Waals surface area (Å²) in [7, 11) is -3.45. The predicted molar refractivity (Wildman–Crippen MR) is 92.1 cm³/mol. The van der Waals surface area contributed by atoms with Gasteiger partial charge in [0.15, 0.2) is 0 Å². The minimum absolute atomic E-state index is 0.124. The lowest BCUT2D eigenvalue weighted by molar-refractivity contribution is 0.554. The summed E-state index contributed by atoms with van der Waals surface area (Å²) in [5, 5.41) is 0. The van der Waals surface area contributed by atoms with E-state index in [1.54, 1.807) is 6.92 Å². The Hall–Kier alpha value is -1.93. The van der Waals surface area contributed by atoms with Crippen molar-refractivity contribution in [1.29, 1.82) is 0 Å². The SMILES string of the molecule is CCCC(NS(C)(=O)=O)/C(N)=C(C)/C=C(\N)c1c(F)cccc1F. The van der Waals surface area contributed by atoms with Crippen LogP contribution < -0.4 is 16.2 Å². The van der Waals surface area contributed by atoms with Crippen molar-refractivity contribution in [1.82, 2.24) is 4.72 Å². The zero-order valence-electron chi connectivity index (χ0n) is 13.9. The van der Waals surface area contributed by atoms with Crippen molar-refractivity contribution >= 4 is 15.7 Å². The second-order valence-corrected chi connectivity index (χ2v) is 7.35. The van der Waals surface area contributed by atoms with E-state index in [9.17, 15) is 17.2 Å². The lowest BCUT2D eigenvalue weighted by Gasteiger charge is -2.19. The van der Waals surface area contributed by atoms with Gasteiger partial charge in [0.2, 0.25) is 10.0 Å². The summed E-state index contributed by atoms with van der Waals surface area (Å²) in [4.78, 5) is 0. The van der Waals surface area contributed by atoms with E-state index in [0.717, 1.165) is 18.4 Å². The van der Waals surface area contributed by atoms with Crippen LogP contribution in [-0.2, 0) is 10.0 Å². The summed E-state index contributed by atoms with van der Waals surface area (Å²) in [6.45, 7) is 3.49. The molecule has 5 N–H and O–H groups in total. The number of allylic oxidation sites excluding steroid dienone is 2. The molecule has 0 bridgehead atoms. The van der Waals surface area contributed by atoms with Gasteiger partial charge in [0.25, 0.3) is 0 Å². The molecule has 0 saturated heterocycles. The molecule has 5 nitrogen and oxygen atoms in total. The van der Waals surface area contributed by atoms with Crippen molar-refractivity contribution in [2.75, 3.05) is 6.26 Å². The second kappa shape index (κ2) is 8.25. The van der Waals surface area contributed by atoms with Crippen LogP contribution in [0, 0.1) is 11.6 Å². The normalized spacial score (nSPS) is 15.1. The third-order valence-corrected chi connectivity index (χ3v) is 4.10. The Morgan fingerprint density at radius 2 is 1.83 bits per heavy atom. The van der Waals surface area contributed by atoms with Gasteiger partial charge in [-0.25, -0.2) is 21.9 Å². The van der Waals surface area contributed by atoms with E-state index < -0.39 is 27.7 Å². The number of nitrogens with one attached hydrogen (secondary N) is 1. The average molecular weight is 359 g/mol. The van der Waals surface area contributed by atoms with Gasteiger partial charge in [0, 0.05) is 11.4 Å². The van der Waals surface area contributed by atoms with Gasteiger partial charge in [-0.15, -0.1) is 0 Å². The Kier molecular flexibility index (Phi) is 6.92. The Morgan fingerprint density at radius 3 is 2.29 bits per heavy atom. The molecule has 1 rings (SSSR count). The van der Waals surface area contributed by atoms with Gasteiger partial charge < -0.3 is 11.5 Å². The van der Waals surface area contributed by atoms with Crippen molar-refractivity contribution < 1.29 is 17.2 Å². The van der Waals surface area contributed by atoms with Crippen LogP contribution in [0.5, 0.6) is 0 Å². The van der Waals surface area contributed by atoms with E-state index in [0.29, 0.717) is 18.4 Å². The predicted octanol–water partition coefficient (Wildman–Crippen LogP) is 2.21. The Labute approximate surface area is 141 Å². The first-order valence-electron chi connectivity index (χ1n) is 7.42. The van der Waals surface area contributed by atoms with Crippen LogP contribution in [0.25, 0.3) is 5.70 Å². The number of nitrogens with two attached hydrogens (primary N) is 2. The van der Waals surface area contributed by atoms with Gasteiger partial charge in [-0.2, -0.15) is 0 Å². The molecule has 0 saturated carbocycles. The number of hydrogen-bond acceptors (Lipinski definition) is 4. The van der Waals surface area contributed by atoms with Crippen LogP contribution in [0.15, 0.2) is 35.5 Å². The highest BCUT2D eigenvalue weighted by Crippen LogP contribution is 2.20. The number of sulfonamides is 1. The molecule has 0 aromatic heterocycles. The fourth-order valence-corrected chi connectivity index (χ4v) is 3.02. The first-order chi connectivity index (χ1) is 11.1. The lowest BCUT2D eigenvalue weighted by Crippen LogP contribution is -2.38. The molecule has 0 radical (unpaired) electrons. The summed E-state index contributed by atoms with van der Waals surface area (Å²) in [6.07, 6.45) is 3.56. The first kappa shape index (κ1) is 20.1. The molecule has 0 aliphatic carbocycles. The molecule has 0 aliphatic rings. The minimum atomic E-state index is -3.45. The largest absolute Gasteiger partial charge is 0.401 e. The zero-order chi connectivity index (χ0) is 18.5. The van der Waals surface area contributed by atoms with E-state index in [1.807, 2.05) is 6.92 Å². The monoisotopic (exact) mass is 359 g/mol. The minimum Gasteiger partial charge on any atom is -0.401 e. The van der Waals surface area contributed by atoms with Crippen LogP contribution in [0.1, 0.15) is 32.3 Å². The molecule has 0 amide bonds. The van der Waals surface area contributed by atoms with Gasteiger partial charge in [0.1, 0.15) is 11.6 Å². The van der Waals surface area contributed by atoms with Gasteiger partial charge >= 0.3 is 0 Å². The Bertz CT molecular complexity index is 738. The van der Waals surface area contributed by atoms with Crippen LogP contribution in [0.4, 0.5) is 8.78 Å². The molecule has 0 fully saturated rings. The van der Waals surface area contributed by atoms with Crippen LogP contribution in [0.3, 0.4) is 0 Å². The molecule has 24 heavy (non-hydrogen) atoms. The zero-order valence-corrected chi connectivity index (χ0v) is 14.8. The van der Waals surface area contributed by atoms with E-state index in [1.165, 1.54) is 12.1 Å². The van der Waals surface area contributed by atoms with Gasteiger partial charge in [0.05, 0.1) is 17.9 Å². The van der Waals surface area contributed by atoms with Gasteiger partial charge in [-0.3, -0.25) is 0 Å². The molecular formula is C16H23F2N3O2S. The van der Waals surface area contributed by atoms with Crippen LogP contribution in [0.2, 0.25) is 0 Å². The molecular weight excluding hydrogens is 336 g/mol. The molecule has 8 heteroatoms. The standard InChI is InChI=1S/C16H23F2N3O2S/c1-4-6-14(21-24(3,22)23)16(20)10(2)9-13(19)15-11(17)7-5-8-12(15)18/h5,7-9,14,21H,4,6,19-20H2,1-3H3/b13-9-,16-10-. The number of halogens is 2. The summed E-state index contributed by atoms with van der Waals surface area (Å²) in [5.41, 5.74) is 12.0. The average Bonchev–Trinajstić information content (AvgIpc) is 2.44. The highest BCUT2D eigenvalue weighted by atomic mass is 32.2. The van der Waals surface area contributed by atoms with Crippen molar-refractivity contribution in [3.8, 4) is 0 Å². The maximum atomic E-state index is 13.8. The number of hydrogen-bond donors (Lipinski definition) is 3. The number of benzene rings is 1. The van der Waals surface area contributed by atoms with Crippen molar-refractivity contribution in [3.05, 3.63) is 52.7 Å². The number of rotatable bonds is 7. The fourth-order valence-electron chi connectivity index (χ4n) is 2.26. The van der Waals surface area contributed by atoms with Gasteiger partial charge in [-0.05, 0) is 37.1 Å². The van der Waals surface area contributed by atoms with E-state index in [2.05, 4.69) is 4.72 Å². The van der Waals surface area contributed by atoms with Gasteiger partial charge in [-0.1, -0.05) is 19.4 Å². The summed E-state index contributed by atoms with van der Waals surface area (Å²) < 4.78 is 52.8. The van der Waals surface area contributed by atoms with E-state index in [4.69, 9.17) is 11.5 Å². The molecule has 1 atom stereocenters. The van der Waals surface area contributed by atoms with Crippen LogP contribution in [-0.4, -0.2) is 20.7 Å². The van der Waals surface area contributed by atoms with Crippen molar-refractivity contribution in [2.45, 2.75) is 32.7 Å². The molecule has 1 unspecified atom stereocenters. The Morgan fingerprint density at radius 1 is 1.29 bits per heavy atom. The molecule has 134 valence electrons.